The minimum atomic E-state index is -1.88. The number of hydrogen-bond donors (Lipinski definition) is 0. The Hall–Kier alpha value is -2.82. The largest absolute Gasteiger partial charge is 0.430 e. The number of fused-ring (bicyclic) bond motifs is 2. The van der Waals surface area contributed by atoms with Crippen LogP contribution in [0.4, 0.5) is 0 Å². The van der Waals surface area contributed by atoms with Gasteiger partial charge in [-0.15, -0.1) is 0 Å². The van der Waals surface area contributed by atoms with Gasteiger partial charge in [-0.25, -0.2) is 0 Å². The van der Waals surface area contributed by atoms with Crippen LogP contribution in [0.15, 0.2) is 57.9 Å². The molecule has 2 bridgehead atoms. The van der Waals surface area contributed by atoms with Crippen LogP contribution >= 0.6 is 0 Å². The Morgan fingerprint density at radius 3 is 1.88 bits per heavy atom. The Kier molecular flexibility index (Phi) is 11.5. The maximum Gasteiger partial charge on any atom is 0.307 e. The summed E-state index contributed by atoms with van der Waals surface area (Å²) in [5.74, 6) is -2.32. The van der Waals surface area contributed by atoms with Gasteiger partial charge in [0.1, 0.15) is 5.76 Å². The number of carbonyl (C=O) groups is 4. The normalized spacial score (nSPS) is 26.9. The van der Waals surface area contributed by atoms with E-state index >= 15 is 9.59 Å². The fourth-order valence-electron chi connectivity index (χ4n) is 6.99. The molecule has 0 aromatic carbocycles. The van der Waals surface area contributed by atoms with Gasteiger partial charge in [0.05, 0.1) is 5.41 Å². The molecule has 0 N–H and O–H groups in total. The zero-order valence-corrected chi connectivity index (χ0v) is 28.2. The lowest BCUT2D eigenvalue weighted by atomic mass is 9.38. The van der Waals surface area contributed by atoms with E-state index in [0.717, 1.165) is 22.3 Å². The van der Waals surface area contributed by atoms with Gasteiger partial charge in [-0.2, -0.15) is 0 Å². The molecule has 1 fully saturated rings. The van der Waals surface area contributed by atoms with E-state index in [1.807, 2.05) is 74.5 Å². The number of Topliss-reactive ketones (excluding diaryl/α,β-unsaturated/α-hetero) is 3. The maximum absolute atomic E-state index is 15.3. The molecule has 4 atom stereocenters. The second-order valence-corrected chi connectivity index (χ2v) is 14.0. The van der Waals surface area contributed by atoms with E-state index in [2.05, 4.69) is 12.2 Å². The lowest BCUT2D eigenvalue weighted by molar-refractivity contribution is -0.181. The van der Waals surface area contributed by atoms with Crippen LogP contribution in [0.25, 0.3) is 0 Å². The molecule has 42 heavy (non-hydrogen) atoms. The van der Waals surface area contributed by atoms with Crippen LogP contribution in [0.1, 0.15) is 122 Å². The molecule has 0 aromatic rings. The van der Waals surface area contributed by atoms with Gasteiger partial charge in [0, 0.05) is 18.4 Å². The van der Waals surface area contributed by atoms with Crippen LogP contribution in [0.5, 0.6) is 0 Å². The Balaban J connectivity index is 3.22. The van der Waals surface area contributed by atoms with Gasteiger partial charge in [0.25, 0.3) is 0 Å². The highest BCUT2D eigenvalue weighted by Crippen LogP contribution is 2.68. The Labute approximate surface area is 254 Å². The number of esters is 1. The van der Waals surface area contributed by atoms with Crippen LogP contribution in [0.2, 0.25) is 0 Å². The number of rotatable bonds is 12. The first kappa shape index (κ1) is 35.4. The third-order valence-corrected chi connectivity index (χ3v) is 9.19. The predicted molar refractivity (Wildman–Crippen MR) is 171 cm³/mol. The Morgan fingerprint density at radius 2 is 1.40 bits per heavy atom. The topological polar surface area (TPSA) is 77.5 Å². The van der Waals surface area contributed by atoms with Crippen LogP contribution < -0.4 is 0 Å². The van der Waals surface area contributed by atoms with E-state index in [1.165, 1.54) is 6.92 Å². The third-order valence-electron chi connectivity index (χ3n) is 9.19. The number of hydrogen-bond acceptors (Lipinski definition) is 5. The van der Waals surface area contributed by atoms with Crippen molar-refractivity contribution in [2.75, 3.05) is 0 Å². The molecule has 2 rings (SSSR count). The minimum Gasteiger partial charge on any atom is -0.430 e. The fraction of sp³-hybridized carbons (Fsp3) is 0.622. The zero-order chi connectivity index (χ0) is 32.2. The molecule has 5 heteroatoms. The van der Waals surface area contributed by atoms with Crippen molar-refractivity contribution in [1.29, 1.82) is 0 Å². The molecule has 0 amide bonds. The van der Waals surface area contributed by atoms with Crippen LogP contribution in [0, 0.1) is 28.1 Å². The molecule has 2 aliphatic rings. The van der Waals surface area contributed by atoms with E-state index in [4.69, 9.17) is 4.74 Å². The summed E-state index contributed by atoms with van der Waals surface area (Å²) in [6, 6.07) is 0. The summed E-state index contributed by atoms with van der Waals surface area (Å²) >= 11 is 0. The summed E-state index contributed by atoms with van der Waals surface area (Å²) in [5, 5.41) is 0. The second kappa shape index (κ2) is 13.7. The fourth-order valence-corrected chi connectivity index (χ4v) is 6.99. The molecule has 0 aliphatic heterocycles. The quantitative estimate of drug-likeness (QED) is 0.131. The maximum atomic E-state index is 15.3. The van der Waals surface area contributed by atoms with Crippen LogP contribution in [-0.2, 0) is 23.9 Å². The lowest BCUT2D eigenvalue weighted by Gasteiger charge is -2.61. The summed E-state index contributed by atoms with van der Waals surface area (Å²) in [6.45, 7) is 22.8. The predicted octanol–water partition coefficient (Wildman–Crippen LogP) is 8.99. The average Bonchev–Trinajstić information content (AvgIpc) is 2.86. The molecule has 5 nitrogen and oxygen atoms in total. The highest BCUT2D eigenvalue weighted by molar-refractivity contribution is 6.33. The molecular formula is C37H54O5. The monoisotopic (exact) mass is 578 g/mol. The minimum absolute atomic E-state index is 0.153. The molecule has 1 saturated carbocycles. The van der Waals surface area contributed by atoms with Gasteiger partial charge in [-0.1, -0.05) is 67.4 Å². The van der Waals surface area contributed by atoms with Crippen molar-refractivity contribution in [1.82, 2.24) is 0 Å². The van der Waals surface area contributed by atoms with Gasteiger partial charge in [-0.3, -0.25) is 19.2 Å². The standard InChI is InChI=1S/C37H54O5/c1-23(2)14-13-20-35(12)29(17-15-24(3)4)22-36(21-19-26(7)8)33(42-28(11)38)30(18-16-25(5)6)32(40)37(35,34(36)41)31(39)27(9)10/h14-16,19,27,29H,13,17-18,20-22H2,1-12H3/t29-,35+,36-,37-/m0/s1. The smallest absolute Gasteiger partial charge is 0.307 e. The van der Waals surface area contributed by atoms with Gasteiger partial charge in [-0.05, 0) is 105 Å². The van der Waals surface area contributed by atoms with Crippen molar-refractivity contribution in [3.63, 3.8) is 0 Å². The van der Waals surface area contributed by atoms with Crippen LogP contribution in [0.3, 0.4) is 0 Å². The van der Waals surface area contributed by atoms with E-state index in [1.54, 1.807) is 13.8 Å². The first-order valence-electron chi connectivity index (χ1n) is 15.5. The molecule has 0 aromatic heterocycles. The number of carbonyl (C=O) groups excluding carboxylic acids is 4. The molecule has 0 saturated heterocycles. The summed E-state index contributed by atoms with van der Waals surface area (Å²) in [5.41, 5.74) is 0.471. The molecule has 0 spiro atoms. The number of allylic oxidation sites excluding steroid dienone is 10. The van der Waals surface area contributed by atoms with Crippen molar-refractivity contribution in [3.8, 4) is 0 Å². The van der Waals surface area contributed by atoms with Crippen molar-refractivity contribution < 1.29 is 23.9 Å². The first-order chi connectivity index (χ1) is 19.4. The zero-order valence-electron chi connectivity index (χ0n) is 28.2. The van der Waals surface area contributed by atoms with Gasteiger partial charge < -0.3 is 4.74 Å². The van der Waals surface area contributed by atoms with Gasteiger partial charge in [0.15, 0.2) is 22.8 Å². The Morgan fingerprint density at radius 1 is 0.857 bits per heavy atom. The van der Waals surface area contributed by atoms with Crippen molar-refractivity contribution in [2.45, 2.75) is 122 Å². The lowest BCUT2D eigenvalue weighted by Crippen LogP contribution is -2.71. The van der Waals surface area contributed by atoms with Crippen molar-refractivity contribution in [3.05, 3.63) is 57.9 Å². The first-order valence-corrected chi connectivity index (χ1v) is 15.5. The highest BCUT2D eigenvalue weighted by atomic mass is 16.5. The molecular weight excluding hydrogens is 524 g/mol. The summed E-state index contributed by atoms with van der Waals surface area (Å²) in [7, 11) is 0. The average molecular weight is 579 g/mol. The molecule has 232 valence electrons. The summed E-state index contributed by atoms with van der Waals surface area (Å²) < 4.78 is 5.94. The van der Waals surface area contributed by atoms with Crippen molar-refractivity contribution in [2.24, 2.45) is 28.1 Å². The molecule has 0 radical (unpaired) electrons. The third kappa shape index (κ3) is 6.55. The molecule has 2 aliphatic carbocycles. The second-order valence-electron chi connectivity index (χ2n) is 14.0. The van der Waals surface area contributed by atoms with E-state index in [-0.39, 0.29) is 41.7 Å². The van der Waals surface area contributed by atoms with E-state index in [0.29, 0.717) is 25.7 Å². The summed E-state index contributed by atoms with van der Waals surface area (Å²) in [4.78, 5) is 57.8. The highest BCUT2D eigenvalue weighted by Gasteiger charge is 2.76. The van der Waals surface area contributed by atoms with Gasteiger partial charge in [0.2, 0.25) is 0 Å². The number of ketones is 3. The SMILES string of the molecule is CC(=O)OC1=C(CC=C(C)C)C(=O)[C@@]2(C(=O)C(C)C)C(=O)[C@@]1(CC=C(C)C)C[C@H](CC=C(C)C)[C@@]2(C)CCC=C(C)C. The van der Waals surface area contributed by atoms with Crippen LogP contribution in [-0.4, -0.2) is 23.3 Å². The number of ether oxygens (including phenoxy) is 1. The molecule has 0 unspecified atom stereocenters. The molecule has 0 heterocycles. The van der Waals surface area contributed by atoms with E-state index in [9.17, 15) is 9.59 Å². The van der Waals surface area contributed by atoms with Crippen molar-refractivity contribution >= 4 is 23.3 Å². The summed E-state index contributed by atoms with van der Waals surface area (Å²) in [6.07, 6.45) is 10.9. The van der Waals surface area contributed by atoms with E-state index < -0.39 is 33.9 Å². The Bertz CT molecular complexity index is 1250. The van der Waals surface area contributed by atoms with Gasteiger partial charge >= 0.3 is 5.97 Å².